The molecule has 5 heteroatoms. The number of rotatable bonds is 3. The highest BCUT2D eigenvalue weighted by Gasteiger charge is 2.42. The van der Waals surface area contributed by atoms with Gasteiger partial charge in [-0.25, -0.2) is 0 Å². The van der Waals surface area contributed by atoms with Crippen LogP contribution in [0.3, 0.4) is 0 Å². The minimum atomic E-state index is 0.0617. The molecule has 2 bridgehead atoms. The van der Waals surface area contributed by atoms with E-state index in [0.29, 0.717) is 12.0 Å². The molecule has 1 aromatic heterocycles. The van der Waals surface area contributed by atoms with Gasteiger partial charge in [-0.3, -0.25) is 4.79 Å². The van der Waals surface area contributed by atoms with Gasteiger partial charge < -0.3 is 5.32 Å². The Bertz CT molecular complexity index is 482. The number of fused-ring (bicyclic) bond motifs is 2. The van der Waals surface area contributed by atoms with Gasteiger partial charge in [-0.05, 0) is 81.9 Å². The van der Waals surface area contributed by atoms with Gasteiger partial charge in [0.2, 0.25) is 0 Å². The van der Waals surface area contributed by atoms with Crippen molar-refractivity contribution in [1.82, 2.24) is 5.32 Å². The molecule has 2 nitrogen and oxygen atoms in total. The number of hydrogen-bond donors (Lipinski definition) is 1. The Balaban J connectivity index is 1.63. The van der Waals surface area contributed by atoms with Crippen molar-refractivity contribution in [2.75, 3.05) is 0 Å². The summed E-state index contributed by atoms with van der Waals surface area (Å²) >= 11 is 8.34. The summed E-state index contributed by atoms with van der Waals surface area (Å²) in [5, 5.41) is 3.19. The third kappa shape index (κ3) is 2.79. The van der Waals surface area contributed by atoms with Crippen LogP contribution in [0.15, 0.2) is 14.3 Å². The molecule has 1 aromatic rings. The van der Waals surface area contributed by atoms with Crippen molar-refractivity contribution in [2.45, 2.75) is 38.6 Å². The van der Waals surface area contributed by atoms with Crippen LogP contribution in [0.4, 0.5) is 0 Å². The van der Waals surface area contributed by atoms with E-state index in [0.717, 1.165) is 25.0 Å². The Kier molecular flexibility index (Phi) is 4.07. The van der Waals surface area contributed by atoms with Crippen LogP contribution < -0.4 is 5.32 Å². The zero-order valence-electron chi connectivity index (χ0n) is 10.8. The van der Waals surface area contributed by atoms with E-state index >= 15 is 0 Å². The highest BCUT2D eigenvalue weighted by molar-refractivity contribution is 9.13. The maximum atomic E-state index is 12.2. The summed E-state index contributed by atoms with van der Waals surface area (Å²) in [4.78, 5) is 13.0. The second-order valence-electron chi connectivity index (χ2n) is 5.83. The van der Waals surface area contributed by atoms with Crippen LogP contribution in [-0.4, -0.2) is 11.9 Å². The third-order valence-corrected chi connectivity index (χ3v) is 7.92. The van der Waals surface area contributed by atoms with E-state index in [-0.39, 0.29) is 5.91 Å². The van der Waals surface area contributed by atoms with Crippen molar-refractivity contribution >= 4 is 49.1 Å². The van der Waals surface area contributed by atoms with Crippen molar-refractivity contribution in [2.24, 2.45) is 17.8 Å². The Morgan fingerprint density at radius 1 is 1.42 bits per heavy atom. The third-order valence-electron chi connectivity index (χ3n) is 4.66. The lowest BCUT2D eigenvalue weighted by molar-refractivity contribution is 0.0919. The lowest BCUT2D eigenvalue weighted by atomic mass is 9.84. The molecule has 104 valence electrons. The smallest absolute Gasteiger partial charge is 0.261 e. The van der Waals surface area contributed by atoms with Crippen molar-refractivity contribution in [1.29, 1.82) is 0 Å². The van der Waals surface area contributed by atoms with Gasteiger partial charge in [0.1, 0.15) is 0 Å². The molecule has 3 rings (SSSR count). The number of halogens is 2. The fourth-order valence-corrected chi connectivity index (χ4v) is 5.69. The number of carbonyl (C=O) groups excluding carboxylic acids is 1. The fraction of sp³-hybridized carbons (Fsp3) is 0.643. The average molecular weight is 407 g/mol. The SMILES string of the molecule is C[C@@H](NC(=O)c1cc(Br)c(Br)s1)[C@@H]1C[C@@H]2CC[C@@H]1C2. The fourth-order valence-electron chi connectivity index (χ4n) is 3.75. The zero-order chi connectivity index (χ0) is 13.6. The average Bonchev–Trinajstić information content (AvgIpc) is 3.06. The molecular weight excluding hydrogens is 390 g/mol. The molecule has 0 unspecified atom stereocenters. The maximum absolute atomic E-state index is 12.2. The summed E-state index contributed by atoms with van der Waals surface area (Å²) in [6.07, 6.45) is 5.48. The number of thiophene rings is 1. The van der Waals surface area contributed by atoms with Crippen LogP contribution in [0, 0.1) is 17.8 Å². The van der Waals surface area contributed by atoms with E-state index in [4.69, 9.17) is 0 Å². The summed E-state index contributed by atoms with van der Waals surface area (Å²) in [5.74, 6) is 2.53. The molecule has 0 aliphatic heterocycles. The monoisotopic (exact) mass is 405 g/mol. The molecule has 0 spiro atoms. The highest BCUT2D eigenvalue weighted by Crippen LogP contribution is 2.49. The first kappa shape index (κ1) is 14.1. The van der Waals surface area contributed by atoms with Crippen molar-refractivity contribution in [3.05, 3.63) is 19.2 Å². The molecule has 0 saturated heterocycles. The molecule has 4 atom stereocenters. The molecule has 1 heterocycles. The number of hydrogen-bond acceptors (Lipinski definition) is 2. The van der Waals surface area contributed by atoms with Crippen LogP contribution in [0.1, 0.15) is 42.3 Å². The molecule has 0 radical (unpaired) electrons. The summed E-state index contributed by atoms with van der Waals surface area (Å²) in [7, 11) is 0. The largest absolute Gasteiger partial charge is 0.349 e. The molecule has 1 amide bonds. The van der Waals surface area contributed by atoms with Gasteiger partial charge in [0, 0.05) is 10.5 Å². The molecule has 2 saturated carbocycles. The van der Waals surface area contributed by atoms with Gasteiger partial charge in [-0.1, -0.05) is 6.42 Å². The lowest BCUT2D eigenvalue weighted by Crippen LogP contribution is -2.39. The molecule has 2 aliphatic carbocycles. The van der Waals surface area contributed by atoms with Crippen LogP contribution >= 0.6 is 43.2 Å². The van der Waals surface area contributed by atoms with Gasteiger partial charge >= 0.3 is 0 Å². The second-order valence-corrected chi connectivity index (χ2v) is 9.06. The van der Waals surface area contributed by atoms with Crippen LogP contribution in [0.2, 0.25) is 0 Å². The molecular formula is C14H17Br2NOS. The normalized spacial score (nSPS) is 30.6. The van der Waals surface area contributed by atoms with E-state index in [1.807, 2.05) is 6.07 Å². The van der Waals surface area contributed by atoms with Crippen molar-refractivity contribution in [3.8, 4) is 0 Å². The van der Waals surface area contributed by atoms with Gasteiger partial charge in [0.15, 0.2) is 0 Å². The van der Waals surface area contributed by atoms with Crippen LogP contribution in [-0.2, 0) is 0 Å². The molecule has 2 fully saturated rings. The van der Waals surface area contributed by atoms with Gasteiger partial charge in [0.25, 0.3) is 5.91 Å². The Labute approximate surface area is 134 Å². The second kappa shape index (κ2) is 5.49. The quantitative estimate of drug-likeness (QED) is 0.765. The van der Waals surface area contributed by atoms with Crippen LogP contribution in [0.5, 0.6) is 0 Å². The van der Waals surface area contributed by atoms with Gasteiger partial charge in [0.05, 0.1) is 8.66 Å². The summed E-state index contributed by atoms with van der Waals surface area (Å²) in [6.45, 7) is 2.17. The first-order valence-electron chi connectivity index (χ1n) is 6.80. The molecule has 1 N–H and O–H groups in total. The minimum absolute atomic E-state index is 0.0617. The number of nitrogens with one attached hydrogen (secondary N) is 1. The summed E-state index contributed by atoms with van der Waals surface area (Å²) in [6, 6.07) is 2.18. The Morgan fingerprint density at radius 2 is 2.21 bits per heavy atom. The Morgan fingerprint density at radius 3 is 2.74 bits per heavy atom. The van der Waals surface area contributed by atoms with E-state index in [1.54, 1.807) is 0 Å². The molecule has 19 heavy (non-hydrogen) atoms. The zero-order valence-corrected chi connectivity index (χ0v) is 14.8. The summed E-state index contributed by atoms with van der Waals surface area (Å²) < 4.78 is 1.93. The number of carbonyl (C=O) groups is 1. The van der Waals surface area contributed by atoms with Crippen LogP contribution in [0.25, 0.3) is 0 Å². The van der Waals surface area contributed by atoms with E-state index in [2.05, 4.69) is 44.1 Å². The maximum Gasteiger partial charge on any atom is 0.261 e. The van der Waals surface area contributed by atoms with Crippen molar-refractivity contribution < 1.29 is 4.79 Å². The minimum Gasteiger partial charge on any atom is -0.349 e. The van der Waals surface area contributed by atoms with Gasteiger partial charge in [-0.2, -0.15) is 0 Å². The van der Waals surface area contributed by atoms with E-state index in [9.17, 15) is 4.79 Å². The standard InChI is InChI=1S/C14H17Br2NOS/c1-7(10-5-8-2-3-9(10)4-8)17-14(18)12-6-11(15)13(16)19-12/h6-10H,2-5H2,1H3,(H,17,18)/t7-,8-,9-,10+/m1/s1. The Hall–Kier alpha value is 0.130. The first-order chi connectivity index (χ1) is 9.04. The molecule has 0 aromatic carbocycles. The van der Waals surface area contributed by atoms with E-state index in [1.165, 1.54) is 37.0 Å². The van der Waals surface area contributed by atoms with Gasteiger partial charge in [-0.15, -0.1) is 11.3 Å². The lowest BCUT2D eigenvalue weighted by Gasteiger charge is -2.28. The predicted molar refractivity (Wildman–Crippen MR) is 85.6 cm³/mol. The predicted octanol–water partition coefficient (Wildman–Crippen LogP) is 4.83. The summed E-state index contributed by atoms with van der Waals surface area (Å²) in [5.41, 5.74) is 0. The molecule has 2 aliphatic rings. The topological polar surface area (TPSA) is 29.1 Å². The van der Waals surface area contributed by atoms with E-state index < -0.39 is 0 Å². The highest BCUT2D eigenvalue weighted by atomic mass is 79.9. The number of amides is 1. The van der Waals surface area contributed by atoms with Crippen molar-refractivity contribution in [3.63, 3.8) is 0 Å². The first-order valence-corrected chi connectivity index (χ1v) is 9.20.